The third-order valence-electron chi connectivity index (χ3n) is 4.08. The fourth-order valence-electron chi connectivity index (χ4n) is 3.06. The van der Waals surface area contributed by atoms with E-state index < -0.39 is 11.7 Å². The molecule has 4 nitrogen and oxygen atoms in total. The number of piperazine rings is 1. The number of phenolic OH excluding ortho intramolecular Hbond substituents is 1. The molecule has 1 aromatic carbocycles. The normalized spacial score (nSPS) is 23.4. The summed E-state index contributed by atoms with van der Waals surface area (Å²) >= 11 is 0. The molecule has 3 rings (SSSR count). The third-order valence-corrected chi connectivity index (χ3v) is 4.08. The van der Waals surface area contributed by atoms with Crippen molar-refractivity contribution in [3.05, 3.63) is 29.6 Å². The van der Waals surface area contributed by atoms with Crippen molar-refractivity contribution < 1.29 is 14.3 Å². The monoisotopic (exact) mass is 264 g/mol. The summed E-state index contributed by atoms with van der Waals surface area (Å²) in [6.07, 6.45) is 2.25. The Morgan fingerprint density at radius 2 is 2.16 bits per heavy atom. The highest BCUT2D eigenvalue weighted by Gasteiger charge is 2.34. The van der Waals surface area contributed by atoms with Gasteiger partial charge in [0.25, 0.3) is 5.91 Å². The van der Waals surface area contributed by atoms with E-state index in [1.165, 1.54) is 18.2 Å². The van der Waals surface area contributed by atoms with Crippen LogP contribution in [0.2, 0.25) is 0 Å². The first-order valence-electron chi connectivity index (χ1n) is 6.67. The third kappa shape index (κ3) is 2.18. The van der Waals surface area contributed by atoms with Crippen LogP contribution in [0.1, 0.15) is 23.2 Å². The van der Waals surface area contributed by atoms with Crippen LogP contribution in [0.4, 0.5) is 4.39 Å². The number of rotatable bonds is 1. The number of fused-ring (bicyclic) bond motifs is 1. The number of hydrogen-bond donors (Lipinski definition) is 1. The van der Waals surface area contributed by atoms with E-state index in [0.717, 1.165) is 25.9 Å². The summed E-state index contributed by atoms with van der Waals surface area (Å²) in [6.45, 7) is 3.17. The lowest BCUT2D eigenvalue weighted by atomic mass is 10.1. The minimum absolute atomic E-state index is 0.200. The number of amides is 1. The number of carbonyl (C=O) groups is 1. The molecule has 0 aromatic heterocycles. The molecule has 1 N–H and O–H groups in total. The van der Waals surface area contributed by atoms with Crippen LogP contribution in [0.5, 0.6) is 5.75 Å². The number of benzene rings is 1. The van der Waals surface area contributed by atoms with Crippen LogP contribution in [0, 0.1) is 5.82 Å². The number of halogens is 1. The summed E-state index contributed by atoms with van der Waals surface area (Å²) in [5, 5.41) is 9.68. The van der Waals surface area contributed by atoms with Crippen molar-refractivity contribution in [1.29, 1.82) is 0 Å². The molecule has 19 heavy (non-hydrogen) atoms. The lowest BCUT2D eigenvalue weighted by Gasteiger charge is -2.37. The van der Waals surface area contributed by atoms with Crippen LogP contribution in [-0.4, -0.2) is 53.0 Å². The van der Waals surface area contributed by atoms with Gasteiger partial charge < -0.3 is 10.0 Å². The molecule has 0 saturated carbocycles. The molecule has 1 unspecified atom stereocenters. The van der Waals surface area contributed by atoms with Crippen molar-refractivity contribution in [2.75, 3.05) is 26.2 Å². The highest BCUT2D eigenvalue weighted by molar-refractivity contribution is 5.97. The van der Waals surface area contributed by atoms with Gasteiger partial charge in [0, 0.05) is 25.7 Å². The van der Waals surface area contributed by atoms with Crippen molar-refractivity contribution in [3.63, 3.8) is 0 Å². The average Bonchev–Trinajstić information content (AvgIpc) is 2.85. The molecular weight excluding hydrogens is 247 g/mol. The van der Waals surface area contributed by atoms with Crippen LogP contribution in [0.3, 0.4) is 0 Å². The number of carbonyl (C=O) groups excluding carboxylic acids is 1. The number of aromatic hydroxyl groups is 1. The van der Waals surface area contributed by atoms with Crippen LogP contribution < -0.4 is 0 Å². The predicted octanol–water partition coefficient (Wildman–Crippen LogP) is 1.45. The SMILES string of the molecule is O=C(c1c(O)cccc1F)N1CCN2CCCC2C1. The Morgan fingerprint density at radius 1 is 1.32 bits per heavy atom. The van der Waals surface area contributed by atoms with Crippen molar-refractivity contribution in [1.82, 2.24) is 9.80 Å². The molecule has 5 heteroatoms. The minimum atomic E-state index is -0.654. The lowest BCUT2D eigenvalue weighted by molar-refractivity contribution is 0.0564. The summed E-state index contributed by atoms with van der Waals surface area (Å²) in [5.41, 5.74) is -0.200. The van der Waals surface area contributed by atoms with Crippen LogP contribution in [0.25, 0.3) is 0 Å². The zero-order valence-corrected chi connectivity index (χ0v) is 10.7. The molecule has 0 spiro atoms. The Hall–Kier alpha value is -1.62. The summed E-state index contributed by atoms with van der Waals surface area (Å²) in [7, 11) is 0. The first-order chi connectivity index (χ1) is 9.16. The maximum atomic E-state index is 13.7. The summed E-state index contributed by atoms with van der Waals surface area (Å²) in [5.74, 6) is -1.33. The van der Waals surface area contributed by atoms with Crippen molar-refractivity contribution in [3.8, 4) is 5.75 Å². The standard InChI is InChI=1S/C14H17FN2O2/c15-11-4-1-5-12(18)13(11)14(19)17-8-7-16-6-2-3-10(16)9-17/h1,4-5,10,18H,2-3,6-9H2. The Labute approximate surface area is 111 Å². The minimum Gasteiger partial charge on any atom is -0.507 e. The number of nitrogens with zero attached hydrogens (tertiary/aromatic N) is 2. The topological polar surface area (TPSA) is 43.8 Å². The second kappa shape index (κ2) is 4.81. The van der Waals surface area contributed by atoms with E-state index in [2.05, 4.69) is 4.90 Å². The van der Waals surface area contributed by atoms with Crippen LogP contribution in [0.15, 0.2) is 18.2 Å². The Morgan fingerprint density at radius 3 is 2.95 bits per heavy atom. The molecule has 0 aliphatic carbocycles. The zero-order valence-electron chi connectivity index (χ0n) is 10.7. The summed E-state index contributed by atoms with van der Waals surface area (Å²) in [6, 6.07) is 4.35. The van der Waals surface area contributed by atoms with Crippen molar-refractivity contribution in [2.45, 2.75) is 18.9 Å². The van der Waals surface area contributed by atoms with Gasteiger partial charge in [-0.15, -0.1) is 0 Å². The molecule has 2 aliphatic heterocycles. The highest BCUT2D eigenvalue weighted by Crippen LogP contribution is 2.26. The molecule has 1 aromatic rings. The van der Waals surface area contributed by atoms with E-state index in [-0.39, 0.29) is 11.3 Å². The first kappa shape index (κ1) is 12.4. The van der Waals surface area contributed by atoms with Gasteiger partial charge in [0.1, 0.15) is 17.1 Å². The fraction of sp³-hybridized carbons (Fsp3) is 0.500. The summed E-state index contributed by atoms with van der Waals surface area (Å²) < 4.78 is 13.7. The van der Waals surface area contributed by atoms with Crippen LogP contribution >= 0.6 is 0 Å². The maximum absolute atomic E-state index is 13.7. The average molecular weight is 264 g/mol. The molecule has 0 radical (unpaired) electrons. The number of hydrogen-bond acceptors (Lipinski definition) is 3. The lowest BCUT2D eigenvalue weighted by Crippen LogP contribution is -2.52. The van der Waals surface area contributed by atoms with Gasteiger partial charge in [0.05, 0.1) is 0 Å². The molecule has 2 saturated heterocycles. The Kier molecular flexibility index (Phi) is 3.14. The van der Waals surface area contributed by atoms with Crippen LogP contribution in [-0.2, 0) is 0 Å². The van der Waals surface area contributed by atoms with Gasteiger partial charge in [0.2, 0.25) is 0 Å². The highest BCUT2D eigenvalue weighted by atomic mass is 19.1. The molecular formula is C14H17FN2O2. The van der Waals surface area contributed by atoms with Crippen molar-refractivity contribution in [2.24, 2.45) is 0 Å². The van der Waals surface area contributed by atoms with Crippen molar-refractivity contribution >= 4 is 5.91 Å². The molecule has 102 valence electrons. The van der Waals surface area contributed by atoms with E-state index in [1.807, 2.05) is 0 Å². The van der Waals surface area contributed by atoms with Gasteiger partial charge in [-0.2, -0.15) is 0 Å². The molecule has 1 atom stereocenters. The predicted molar refractivity (Wildman–Crippen MR) is 68.6 cm³/mol. The quantitative estimate of drug-likeness (QED) is 0.835. The van der Waals surface area contributed by atoms with Gasteiger partial charge in [-0.3, -0.25) is 9.69 Å². The fourth-order valence-corrected chi connectivity index (χ4v) is 3.06. The van der Waals surface area contributed by atoms with E-state index in [9.17, 15) is 14.3 Å². The molecule has 2 fully saturated rings. The van der Waals surface area contributed by atoms with Gasteiger partial charge >= 0.3 is 0 Å². The Bertz CT molecular complexity index is 486. The van der Waals surface area contributed by atoms with E-state index >= 15 is 0 Å². The smallest absolute Gasteiger partial charge is 0.260 e. The number of phenols is 1. The molecule has 2 aliphatic rings. The zero-order chi connectivity index (χ0) is 13.4. The largest absolute Gasteiger partial charge is 0.507 e. The van der Waals surface area contributed by atoms with E-state index in [0.29, 0.717) is 19.1 Å². The molecule has 0 bridgehead atoms. The van der Waals surface area contributed by atoms with Gasteiger partial charge in [-0.1, -0.05) is 6.07 Å². The van der Waals surface area contributed by atoms with E-state index in [1.54, 1.807) is 4.90 Å². The second-order valence-corrected chi connectivity index (χ2v) is 5.22. The summed E-state index contributed by atoms with van der Waals surface area (Å²) in [4.78, 5) is 16.4. The maximum Gasteiger partial charge on any atom is 0.260 e. The first-order valence-corrected chi connectivity index (χ1v) is 6.67. The molecule has 1 amide bonds. The van der Waals surface area contributed by atoms with Gasteiger partial charge in [-0.05, 0) is 31.5 Å². The Balaban J connectivity index is 1.81. The van der Waals surface area contributed by atoms with Gasteiger partial charge in [0.15, 0.2) is 0 Å². The van der Waals surface area contributed by atoms with Gasteiger partial charge in [-0.25, -0.2) is 4.39 Å². The second-order valence-electron chi connectivity index (χ2n) is 5.22. The van der Waals surface area contributed by atoms with E-state index in [4.69, 9.17) is 0 Å². The molecule has 2 heterocycles.